The van der Waals surface area contributed by atoms with Crippen LogP contribution < -0.4 is 5.73 Å². The molecule has 3 heteroatoms. The van der Waals surface area contributed by atoms with Crippen molar-refractivity contribution in [1.29, 1.82) is 0 Å². The van der Waals surface area contributed by atoms with Crippen LogP contribution in [0.3, 0.4) is 0 Å². The van der Waals surface area contributed by atoms with Crippen molar-refractivity contribution in [3.63, 3.8) is 0 Å². The first-order valence-electron chi connectivity index (χ1n) is 6.30. The van der Waals surface area contributed by atoms with E-state index in [0.29, 0.717) is 18.2 Å². The van der Waals surface area contributed by atoms with Crippen LogP contribution in [0.1, 0.15) is 18.1 Å². The maximum absolute atomic E-state index is 6.03. The van der Waals surface area contributed by atoms with E-state index in [9.17, 15) is 0 Å². The molecule has 0 fully saturated rings. The van der Waals surface area contributed by atoms with Gasteiger partial charge in [-0.2, -0.15) is 0 Å². The Morgan fingerprint density at radius 2 is 1.42 bits per heavy atom. The fourth-order valence-electron chi connectivity index (χ4n) is 1.72. The second-order valence-corrected chi connectivity index (χ2v) is 4.03. The third-order valence-corrected chi connectivity index (χ3v) is 2.64. The van der Waals surface area contributed by atoms with Gasteiger partial charge in [-0.1, -0.05) is 60.7 Å². The van der Waals surface area contributed by atoms with Crippen LogP contribution in [-0.4, -0.2) is 18.2 Å². The highest BCUT2D eigenvalue weighted by atomic mass is 15.0. The van der Waals surface area contributed by atoms with Crippen molar-refractivity contribution >= 4 is 11.7 Å². The maximum atomic E-state index is 6.03. The lowest BCUT2D eigenvalue weighted by Gasteiger charge is -2.04. The van der Waals surface area contributed by atoms with E-state index in [1.54, 1.807) is 0 Å². The molecule has 0 amide bonds. The molecule has 0 aromatic heterocycles. The number of aliphatic imine (C=N–C) groups is 2. The van der Waals surface area contributed by atoms with E-state index < -0.39 is 0 Å². The Morgan fingerprint density at radius 3 is 1.95 bits per heavy atom. The molecule has 0 atom stereocenters. The summed E-state index contributed by atoms with van der Waals surface area (Å²) in [7, 11) is 0. The van der Waals surface area contributed by atoms with Gasteiger partial charge in [-0.15, -0.1) is 0 Å². The van der Waals surface area contributed by atoms with E-state index in [1.165, 1.54) is 0 Å². The Kier molecular flexibility index (Phi) is 4.45. The van der Waals surface area contributed by atoms with Gasteiger partial charge in [0.1, 0.15) is 5.84 Å². The van der Waals surface area contributed by atoms with Crippen molar-refractivity contribution in [2.45, 2.75) is 6.92 Å². The Morgan fingerprint density at radius 1 is 0.895 bits per heavy atom. The smallest absolute Gasteiger partial charge is 0.156 e. The molecule has 0 aliphatic heterocycles. The molecule has 0 saturated carbocycles. The molecule has 19 heavy (non-hydrogen) atoms. The van der Waals surface area contributed by atoms with Gasteiger partial charge < -0.3 is 5.73 Å². The van der Waals surface area contributed by atoms with Crippen molar-refractivity contribution in [3.8, 4) is 0 Å². The molecule has 3 nitrogen and oxygen atoms in total. The van der Waals surface area contributed by atoms with E-state index in [4.69, 9.17) is 5.73 Å². The van der Waals surface area contributed by atoms with Crippen LogP contribution in [-0.2, 0) is 0 Å². The van der Waals surface area contributed by atoms with Crippen LogP contribution in [0, 0.1) is 0 Å². The predicted octanol–water partition coefficient (Wildman–Crippen LogP) is 2.86. The number of hydrogen-bond acceptors (Lipinski definition) is 1. The molecule has 96 valence electrons. The molecule has 0 heterocycles. The zero-order valence-corrected chi connectivity index (χ0v) is 11.0. The summed E-state index contributed by atoms with van der Waals surface area (Å²) in [5.74, 6) is 1.15. The summed E-state index contributed by atoms with van der Waals surface area (Å²) in [6, 6.07) is 19.6. The van der Waals surface area contributed by atoms with Gasteiger partial charge in [-0.05, 0) is 6.92 Å². The van der Waals surface area contributed by atoms with Crippen LogP contribution in [0.15, 0.2) is 70.6 Å². The third-order valence-electron chi connectivity index (χ3n) is 2.64. The van der Waals surface area contributed by atoms with Gasteiger partial charge in [0.25, 0.3) is 0 Å². The minimum absolute atomic E-state index is 0.483. The molecule has 0 aliphatic carbocycles. The van der Waals surface area contributed by atoms with Crippen molar-refractivity contribution in [3.05, 3.63) is 71.8 Å². The molecule has 0 saturated heterocycles. The molecule has 0 bridgehead atoms. The Balaban J connectivity index is 2.35. The van der Waals surface area contributed by atoms with Crippen LogP contribution in [0.4, 0.5) is 0 Å². The minimum Gasteiger partial charge on any atom is -0.383 e. The zero-order chi connectivity index (χ0) is 13.5. The zero-order valence-electron chi connectivity index (χ0n) is 11.0. The number of nitrogens with two attached hydrogens (primary N) is 1. The second-order valence-electron chi connectivity index (χ2n) is 4.03. The quantitative estimate of drug-likeness (QED) is 0.662. The molecule has 2 rings (SSSR count). The summed E-state index contributed by atoms with van der Waals surface area (Å²) >= 11 is 0. The molecular formula is C16H17N3. The summed E-state index contributed by atoms with van der Waals surface area (Å²) in [5, 5.41) is 0. The summed E-state index contributed by atoms with van der Waals surface area (Å²) in [6.45, 7) is 2.66. The normalized spacial score (nSPS) is 12.5. The SMILES string of the molecule is CCN=C(N=C(N)c1ccccc1)c1ccccc1. The van der Waals surface area contributed by atoms with Gasteiger partial charge in [0.05, 0.1) is 0 Å². The van der Waals surface area contributed by atoms with Gasteiger partial charge in [0.2, 0.25) is 0 Å². The van der Waals surface area contributed by atoms with Gasteiger partial charge in [0.15, 0.2) is 5.84 Å². The Hall–Kier alpha value is -2.42. The lowest BCUT2D eigenvalue weighted by Crippen LogP contribution is -2.16. The maximum Gasteiger partial charge on any atom is 0.156 e. The van der Waals surface area contributed by atoms with E-state index in [2.05, 4.69) is 9.98 Å². The van der Waals surface area contributed by atoms with Gasteiger partial charge in [-0.3, -0.25) is 4.99 Å². The van der Waals surface area contributed by atoms with E-state index in [0.717, 1.165) is 11.1 Å². The van der Waals surface area contributed by atoms with Crippen molar-refractivity contribution < 1.29 is 0 Å². The van der Waals surface area contributed by atoms with Crippen LogP contribution in [0.5, 0.6) is 0 Å². The Labute approximate surface area is 113 Å². The standard InChI is InChI=1S/C16H17N3/c1-2-18-16(14-11-7-4-8-12-14)19-15(17)13-9-5-3-6-10-13/h3-12H,2H2,1H3,(H2,17,18,19). The molecule has 0 unspecified atom stereocenters. The molecule has 0 radical (unpaired) electrons. The number of nitrogens with zero attached hydrogens (tertiary/aromatic N) is 2. The van der Waals surface area contributed by atoms with Crippen molar-refractivity contribution in [1.82, 2.24) is 0 Å². The summed E-state index contributed by atoms with van der Waals surface area (Å²) < 4.78 is 0. The van der Waals surface area contributed by atoms with E-state index in [1.807, 2.05) is 67.6 Å². The van der Waals surface area contributed by atoms with Gasteiger partial charge >= 0.3 is 0 Å². The first kappa shape index (κ1) is 13.0. The number of amidine groups is 2. The van der Waals surface area contributed by atoms with Crippen LogP contribution in [0.2, 0.25) is 0 Å². The monoisotopic (exact) mass is 251 g/mol. The van der Waals surface area contributed by atoms with Crippen LogP contribution in [0.25, 0.3) is 0 Å². The molecule has 2 aromatic carbocycles. The summed E-state index contributed by atoms with van der Waals surface area (Å²) in [6.07, 6.45) is 0. The first-order valence-corrected chi connectivity index (χ1v) is 6.30. The molecule has 0 spiro atoms. The molecule has 2 aromatic rings. The number of benzene rings is 2. The Bertz CT molecular complexity index is 571. The molecular weight excluding hydrogens is 234 g/mol. The second kappa shape index (κ2) is 6.50. The lowest BCUT2D eigenvalue weighted by molar-refractivity contribution is 1.12. The van der Waals surface area contributed by atoms with Crippen LogP contribution >= 0.6 is 0 Å². The van der Waals surface area contributed by atoms with Crippen molar-refractivity contribution in [2.24, 2.45) is 15.7 Å². The third kappa shape index (κ3) is 3.52. The molecule has 2 N–H and O–H groups in total. The van der Waals surface area contributed by atoms with Gasteiger partial charge in [0, 0.05) is 17.7 Å². The average molecular weight is 251 g/mol. The number of rotatable bonds is 3. The minimum atomic E-state index is 0.483. The predicted molar refractivity (Wildman–Crippen MR) is 80.7 cm³/mol. The van der Waals surface area contributed by atoms with Crippen molar-refractivity contribution in [2.75, 3.05) is 6.54 Å². The van der Waals surface area contributed by atoms with E-state index >= 15 is 0 Å². The first-order chi connectivity index (χ1) is 9.31. The average Bonchev–Trinajstić information content (AvgIpc) is 2.48. The fourth-order valence-corrected chi connectivity index (χ4v) is 1.72. The topological polar surface area (TPSA) is 50.7 Å². The summed E-state index contributed by atoms with van der Waals surface area (Å²) in [5.41, 5.74) is 7.91. The molecule has 0 aliphatic rings. The number of hydrogen-bond donors (Lipinski definition) is 1. The summed E-state index contributed by atoms with van der Waals surface area (Å²) in [4.78, 5) is 8.86. The highest BCUT2D eigenvalue weighted by Gasteiger charge is 2.03. The fraction of sp³-hybridized carbons (Fsp3) is 0.125. The highest BCUT2D eigenvalue weighted by Crippen LogP contribution is 2.05. The largest absolute Gasteiger partial charge is 0.383 e. The highest BCUT2D eigenvalue weighted by molar-refractivity contribution is 6.10. The van der Waals surface area contributed by atoms with E-state index in [-0.39, 0.29) is 0 Å². The van der Waals surface area contributed by atoms with Gasteiger partial charge in [-0.25, -0.2) is 4.99 Å². The lowest BCUT2D eigenvalue weighted by atomic mass is 10.2.